The molecule has 0 spiro atoms. The van der Waals surface area contributed by atoms with Gasteiger partial charge in [0, 0.05) is 43.9 Å². The first kappa shape index (κ1) is 19.2. The molecule has 1 amide bonds. The number of hydrogen-bond acceptors (Lipinski definition) is 3. The van der Waals surface area contributed by atoms with Gasteiger partial charge in [-0.05, 0) is 36.2 Å². The van der Waals surface area contributed by atoms with Crippen LogP contribution in [0.25, 0.3) is 0 Å². The SMILES string of the molecule is CCC(=O)N(C1=CCN(CCc2ccccc2)CC1)c1ccc(OC)cc1. The topological polar surface area (TPSA) is 32.8 Å². The minimum Gasteiger partial charge on any atom is -0.497 e. The van der Waals surface area contributed by atoms with E-state index in [9.17, 15) is 4.79 Å². The summed E-state index contributed by atoms with van der Waals surface area (Å²) in [7, 11) is 1.65. The minimum absolute atomic E-state index is 0.129. The van der Waals surface area contributed by atoms with Crippen LogP contribution in [0.2, 0.25) is 0 Å². The lowest BCUT2D eigenvalue weighted by Crippen LogP contribution is -2.37. The zero-order valence-electron chi connectivity index (χ0n) is 16.2. The Hall–Kier alpha value is -2.59. The number of ether oxygens (including phenoxy) is 1. The number of carbonyl (C=O) groups is 1. The zero-order chi connectivity index (χ0) is 19.1. The van der Waals surface area contributed by atoms with Crippen molar-refractivity contribution in [2.45, 2.75) is 26.2 Å². The van der Waals surface area contributed by atoms with Crippen LogP contribution in [0.4, 0.5) is 5.69 Å². The lowest BCUT2D eigenvalue weighted by atomic mass is 10.1. The molecule has 1 aliphatic heterocycles. The maximum atomic E-state index is 12.6. The van der Waals surface area contributed by atoms with Crippen LogP contribution in [-0.4, -0.2) is 37.6 Å². The van der Waals surface area contributed by atoms with Crippen LogP contribution in [0.15, 0.2) is 66.4 Å². The number of anilines is 1. The van der Waals surface area contributed by atoms with Crippen molar-refractivity contribution in [2.75, 3.05) is 31.6 Å². The van der Waals surface area contributed by atoms with Crippen molar-refractivity contribution in [2.24, 2.45) is 0 Å². The van der Waals surface area contributed by atoms with E-state index in [1.165, 1.54) is 5.56 Å². The molecule has 0 saturated carbocycles. The molecule has 0 bridgehead atoms. The Labute approximate surface area is 162 Å². The molecule has 1 aliphatic rings. The highest BCUT2D eigenvalue weighted by molar-refractivity contribution is 5.96. The molecule has 142 valence electrons. The van der Waals surface area contributed by atoms with E-state index in [2.05, 4.69) is 41.3 Å². The molecule has 4 heteroatoms. The Bertz CT molecular complexity index is 769. The van der Waals surface area contributed by atoms with E-state index in [0.717, 1.165) is 49.6 Å². The molecule has 2 aromatic carbocycles. The third-order valence-electron chi connectivity index (χ3n) is 5.00. The second kappa shape index (κ2) is 9.38. The van der Waals surface area contributed by atoms with Crippen molar-refractivity contribution in [1.29, 1.82) is 0 Å². The molecule has 0 fully saturated rings. The summed E-state index contributed by atoms with van der Waals surface area (Å²) in [5.74, 6) is 0.927. The fourth-order valence-electron chi connectivity index (χ4n) is 3.40. The third-order valence-corrected chi connectivity index (χ3v) is 5.00. The van der Waals surface area contributed by atoms with Crippen molar-refractivity contribution in [3.8, 4) is 5.75 Å². The first-order chi connectivity index (χ1) is 13.2. The van der Waals surface area contributed by atoms with Crippen molar-refractivity contribution in [1.82, 2.24) is 4.90 Å². The van der Waals surface area contributed by atoms with Crippen LogP contribution in [0.3, 0.4) is 0 Å². The number of nitrogens with zero attached hydrogens (tertiary/aromatic N) is 2. The normalized spacial score (nSPS) is 14.5. The van der Waals surface area contributed by atoms with E-state index >= 15 is 0 Å². The predicted molar refractivity (Wildman–Crippen MR) is 110 cm³/mol. The van der Waals surface area contributed by atoms with E-state index in [-0.39, 0.29) is 5.91 Å². The average Bonchev–Trinajstić information content (AvgIpc) is 2.74. The van der Waals surface area contributed by atoms with Gasteiger partial charge in [-0.1, -0.05) is 43.3 Å². The molecule has 3 rings (SSSR count). The van der Waals surface area contributed by atoms with Gasteiger partial charge in [0.2, 0.25) is 5.91 Å². The average molecular weight is 364 g/mol. The fraction of sp³-hybridized carbons (Fsp3) is 0.348. The van der Waals surface area contributed by atoms with Gasteiger partial charge in [-0.15, -0.1) is 0 Å². The Morgan fingerprint density at radius 2 is 1.85 bits per heavy atom. The van der Waals surface area contributed by atoms with Gasteiger partial charge in [0.15, 0.2) is 0 Å². The molecule has 0 aliphatic carbocycles. The molecule has 4 nitrogen and oxygen atoms in total. The summed E-state index contributed by atoms with van der Waals surface area (Å²) >= 11 is 0. The molecule has 0 saturated heterocycles. The van der Waals surface area contributed by atoms with Crippen LogP contribution < -0.4 is 9.64 Å². The van der Waals surface area contributed by atoms with Crippen LogP contribution in [0, 0.1) is 0 Å². The van der Waals surface area contributed by atoms with Crippen molar-refractivity contribution >= 4 is 11.6 Å². The van der Waals surface area contributed by atoms with Gasteiger partial charge in [-0.25, -0.2) is 0 Å². The minimum atomic E-state index is 0.129. The molecular weight excluding hydrogens is 336 g/mol. The van der Waals surface area contributed by atoms with Crippen LogP contribution in [0.5, 0.6) is 5.75 Å². The van der Waals surface area contributed by atoms with Crippen molar-refractivity contribution in [3.05, 3.63) is 71.9 Å². The summed E-state index contributed by atoms with van der Waals surface area (Å²) in [6.07, 6.45) is 4.63. The first-order valence-electron chi connectivity index (χ1n) is 9.63. The maximum absolute atomic E-state index is 12.6. The van der Waals surface area contributed by atoms with Gasteiger partial charge in [0.05, 0.1) is 7.11 Å². The molecule has 0 aromatic heterocycles. The zero-order valence-corrected chi connectivity index (χ0v) is 16.2. The van der Waals surface area contributed by atoms with E-state index in [4.69, 9.17) is 4.74 Å². The molecular formula is C23H28N2O2. The van der Waals surface area contributed by atoms with Crippen LogP contribution >= 0.6 is 0 Å². The highest BCUT2D eigenvalue weighted by Gasteiger charge is 2.22. The molecule has 0 N–H and O–H groups in total. The van der Waals surface area contributed by atoms with Crippen molar-refractivity contribution < 1.29 is 9.53 Å². The third kappa shape index (κ3) is 4.98. The number of rotatable bonds is 7. The summed E-state index contributed by atoms with van der Waals surface area (Å²) in [4.78, 5) is 16.9. The van der Waals surface area contributed by atoms with Crippen molar-refractivity contribution in [3.63, 3.8) is 0 Å². The summed E-state index contributed by atoms with van der Waals surface area (Å²) < 4.78 is 5.23. The number of carbonyl (C=O) groups excluding carboxylic acids is 1. The Morgan fingerprint density at radius 3 is 2.44 bits per heavy atom. The lowest BCUT2D eigenvalue weighted by Gasteiger charge is -2.32. The molecule has 2 aromatic rings. The summed E-state index contributed by atoms with van der Waals surface area (Å²) in [6, 6.07) is 18.3. The number of methoxy groups -OCH3 is 1. The van der Waals surface area contributed by atoms with Crippen LogP contribution in [-0.2, 0) is 11.2 Å². The summed E-state index contributed by atoms with van der Waals surface area (Å²) in [6.45, 7) is 4.81. The number of hydrogen-bond donors (Lipinski definition) is 0. The second-order valence-electron chi connectivity index (χ2n) is 6.76. The van der Waals surface area contributed by atoms with Gasteiger partial charge >= 0.3 is 0 Å². The van der Waals surface area contributed by atoms with Crippen LogP contribution in [0.1, 0.15) is 25.3 Å². The second-order valence-corrected chi connectivity index (χ2v) is 6.76. The molecule has 0 radical (unpaired) electrons. The van der Waals surface area contributed by atoms with Gasteiger partial charge in [0.25, 0.3) is 0 Å². The number of benzene rings is 2. The van der Waals surface area contributed by atoms with E-state index < -0.39 is 0 Å². The lowest BCUT2D eigenvalue weighted by molar-refractivity contribution is -0.117. The Kier molecular flexibility index (Phi) is 6.66. The summed E-state index contributed by atoms with van der Waals surface area (Å²) in [5.41, 5.74) is 3.38. The maximum Gasteiger partial charge on any atom is 0.230 e. The van der Waals surface area contributed by atoms with Gasteiger partial charge in [-0.3, -0.25) is 14.6 Å². The largest absolute Gasteiger partial charge is 0.497 e. The van der Waals surface area contributed by atoms with E-state index in [0.29, 0.717) is 6.42 Å². The highest BCUT2D eigenvalue weighted by atomic mass is 16.5. The molecule has 0 atom stereocenters. The monoisotopic (exact) mass is 364 g/mol. The highest BCUT2D eigenvalue weighted by Crippen LogP contribution is 2.26. The Morgan fingerprint density at radius 1 is 1.11 bits per heavy atom. The Balaban J connectivity index is 1.67. The molecule has 27 heavy (non-hydrogen) atoms. The number of amides is 1. The van der Waals surface area contributed by atoms with E-state index in [1.54, 1.807) is 7.11 Å². The fourth-order valence-corrected chi connectivity index (χ4v) is 3.40. The standard InChI is InChI=1S/C23H28N2O2/c1-3-23(26)25(20-9-11-22(27-2)12-10-20)21-14-17-24(18-15-21)16-13-19-7-5-4-6-8-19/h4-12,14H,3,13,15-18H2,1-2H3. The molecule has 1 heterocycles. The van der Waals surface area contributed by atoms with Gasteiger partial charge in [-0.2, -0.15) is 0 Å². The molecule has 0 unspecified atom stereocenters. The smallest absolute Gasteiger partial charge is 0.230 e. The van der Waals surface area contributed by atoms with Gasteiger partial charge in [0.1, 0.15) is 5.75 Å². The quantitative estimate of drug-likeness (QED) is 0.735. The first-order valence-corrected chi connectivity index (χ1v) is 9.63. The van der Waals surface area contributed by atoms with E-state index in [1.807, 2.05) is 36.1 Å². The summed E-state index contributed by atoms with van der Waals surface area (Å²) in [5, 5.41) is 0. The van der Waals surface area contributed by atoms with Gasteiger partial charge < -0.3 is 4.74 Å². The predicted octanol–water partition coefficient (Wildman–Crippen LogP) is 4.27.